The molecule has 1 aromatic rings. The Kier molecular flexibility index (Phi) is 7.59. The second-order valence-corrected chi connectivity index (χ2v) is 5.31. The van der Waals surface area contributed by atoms with Gasteiger partial charge < -0.3 is 9.47 Å². The van der Waals surface area contributed by atoms with Crippen molar-refractivity contribution in [3.05, 3.63) is 28.0 Å². The second kappa shape index (κ2) is 8.95. The van der Waals surface area contributed by atoms with Gasteiger partial charge in [-0.15, -0.1) is 0 Å². The van der Waals surface area contributed by atoms with Crippen LogP contribution in [0.4, 0.5) is 4.39 Å². The molecule has 5 heteroatoms. The fraction of sp³-hybridized carbons (Fsp3) is 0.533. The number of halogens is 2. The number of rotatable bonds is 8. The molecule has 1 rings (SSSR count). The fourth-order valence-electron chi connectivity index (χ4n) is 1.52. The van der Waals surface area contributed by atoms with Gasteiger partial charge in [-0.25, -0.2) is 9.18 Å². The van der Waals surface area contributed by atoms with Crippen molar-refractivity contribution in [2.24, 2.45) is 0 Å². The third kappa shape index (κ3) is 5.12. The quantitative estimate of drug-likeness (QED) is 0.504. The van der Waals surface area contributed by atoms with Crippen molar-refractivity contribution < 1.29 is 18.7 Å². The lowest BCUT2D eigenvalue weighted by Gasteiger charge is -2.12. The van der Waals surface area contributed by atoms with E-state index in [0.29, 0.717) is 19.0 Å². The fourth-order valence-corrected chi connectivity index (χ4v) is 1.84. The van der Waals surface area contributed by atoms with Gasteiger partial charge >= 0.3 is 5.97 Å². The number of carbonyl (C=O) groups is 1. The van der Waals surface area contributed by atoms with Crippen LogP contribution in [0.5, 0.6) is 5.75 Å². The van der Waals surface area contributed by atoms with E-state index in [9.17, 15) is 9.18 Å². The first kappa shape index (κ1) is 17.0. The monoisotopic (exact) mass is 346 g/mol. The first-order chi connectivity index (χ1) is 9.60. The maximum absolute atomic E-state index is 13.6. The van der Waals surface area contributed by atoms with E-state index in [4.69, 9.17) is 9.47 Å². The normalized spacial score (nSPS) is 10.4. The van der Waals surface area contributed by atoms with Crippen molar-refractivity contribution in [2.75, 3.05) is 13.2 Å². The van der Waals surface area contributed by atoms with Crippen LogP contribution in [0.25, 0.3) is 0 Å². The van der Waals surface area contributed by atoms with Crippen LogP contribution in [-0.4, -0.2) is 19.2 Å². The van der Waals surface area contributed by atoms with Crippen LogP contribution >= 0.6 is 15.9 Å². The van der Waals surface area contributed by atoms with Crippen LogP contribution < -0.4 is 4.74 Å². The van der Waals surface area contributed by atoms with Gasteiger partial charge in [-0.1, -0.05) is 26.7 Å². The van der Waals surface area contributed by atoms with Crippen LogP contribution in [0.15, 0.2) is 16.6 Å². The molecule has 3 nitrogen and oxygen atoms in total. The number of hydrogen-bond acceptors (Lipinski definition) is 3. The molecule has 0 atom stereocenters. The van der Waals surface area contributed by atoms with Gasteiger partial charge in [0.25, 0.3) is 0 Å². The Morgan fingerprint density at radius 1 is 1.20 bits per heavy atom. The SMILES string of the molecule is CCCCOC(=O)c1cc(F)c(Br)cc1OCCCC. The first-order valence-corrected chi connectivity index (χ1v) is 7.68. The largest absolute Gasteiger partial charge is 0.493 e. The maximum Gasteiger partial charge on any atom is 0.342 e. The Balaban J connectivity index is 2.85. The third-order valence-corrected chi connectivity index (χ3v) is 3.34. The molecule has 0 aliphatic carbocycles. The minimum atomic E-state index is -0.545. The van der Waals surface area contributed by atoms with E-state index < -0.39 is 11.8 Å². The molecule has 0 aliphatic heterocycles. The van der Waals surface area contributed by atoms with Crippen LogP contribution in [0.2, 0.25) is 0 Å². The molecular weight excluding hydrogens is 327 g/mol. The number of hydrogen-bond donors (Lipinski definition) is 0. The smallest absolute Gasteiger partial charge is 0.342 e. The van der Waals surface area contributed by atoms with Gasteiger partial charge in [0, 0.05) is 0 Å². The Morgan fingerprint density at radius 2 is 1.85 bits per heavy atom. The lowest BCUT2D eigenvalue weighted by molar-refractivity contribution is 0.0494. The summed E-state index contributed by atoms with van der Waals surface area (Å²) in [6.45, 7) is 4.88. The number of esters is 1. The second-order valence-electron chi connectivity index (χ2n) is 4.45. The highest BCUT2D eigenvalue weighted by Crippen LogP contribution is 2.27. The van der Waals surface area contributed by atoms with E-state index in [-0.39, 0.29) is 10.0 Å². The zero-order chi connectivity index (χ0) is 15.0. The molecule has 0 unspecified atom stereocenters. The lowest BCUT2D eigenvalue weighted by atomic mass is 10.2. The van der Waals surface area contributed by atoms with Crippen LogP contribution in [0, 0.1) is 5.82 Å². The number of ether oxygens (including phenoxy) is 2. The predicted octanol–water partition coefficient (Wildman–Crippen LogP) is 4.72. The zero-order valence-electron chi connectivity index (χ0n) is 11.9. The van der Waals surface area contributed by atoms with Gasteiger partial charge in [0.15, 0.2) is 0 Å². The van der Waals surface area contributed by atoms with E-state index in [1.165, 1.54) is 6.07 Å². The summed E-state index contributed by atoms with van der Waals surface area (Å²) in [5.74, 6) is -0.695. The van der Waals surface area contributed by atoms with Crippen molar-refractivity contribution >= 4 is 21.9 Å². The van der Waals surface area contributed by atoms with E-state index in [1.54, 1.807) is 0 Å². The Morgan fingerprint density at radius 3 is 2.50 bits per heavy atom. The number of unbranched alkanes of at least 4 members (excludes halogenated alkanes) is 2. The molecular formula is C15H20BrFO3. The van der Waals surface area contributed by atoms with Crippen molar-refractivity contribution in [3.63, 3.8) is 0 Å². The highest BCUT2D eigenvalue weighted by Gasteiger charge is 2.17. The van der Waals surface area contributed by atoms with Crippen LogP contribution in [-0.2, 0) is 4.74 Å². The Labute approximate surface area is 127 Å². The van der Waals surface area contributed by atoms with Crippen molar-refractivity contribution in [3.8, 4) is 5.75 Å². The van der Waals surface area contributed by atoms with Gasteiger partial charge in [-0.3, -0.25) is 0 Å². The highest BCUT2D eigenvalue weighted by molar-refractivity contribution is 9.10. The van der Waals surface area contributed by atoms with Crippen molar-refractivity contribution in [1.82, 2.24) is 0 Å². The molecule has 112 valence electrons. The first-order valence-electron chi connectivity index (χ1n) is 6.89. The molecule has 0 aromatic heterocycles. The maximum atomic E-state index is 13.6. The molecule has 0 spiro atoms. The summed E-state index contributed by atoms with van der Waals surface area (Å²) in [5.41, 5.74) is 0.137. The molecule has 1 aromatic carbocycles. The summed E-state index contributed by atoms with van der Waals surface area (Å²) in [6.07, 6.45) is 3.58. The molecule has 20 heavy (non-hydrogen) atoms. The summed E-state index contributed by atoms with van der Waals surface area (Å²) >= 11 is 3.10. The molecule has 0 radical (unpaired) electrons. The highest BCUT2D eigenvalue weighted by atomic mass is 79.9. The zero-order valence-corrected chi connectivity index (χ0v) is 13.5. The van der Waals surface area contributed by atoms with Gasteiger partial charge in [0.1, 0.15) is 17.1 Å². The predicted molar refractivity (Wildman–Crippen MR) is 79.7 cm³/mol. The molecule has 0 saturated heterocycles. The molecule has 0 saturated carbocycles. The van der Waals surface area contributed by atoms with E-state index >= 15 is 0 Å². The van der Waals surface area contributed by atoms with Crippen LogP contribution in [0.3, 0.4) is 0 Å². The number of carbonyl (C=O) groups excluding carboxylic acids is 1. The Hall–Kier alpha value is -1.10. The number of benzene rings is 1. The summed E-state index contributed by atoms with van der Waals surface area (Å²) in [4.78, 5) is 12.0. The van der Waals surface area contributed by atoms with Gasteiger partial charge in [-0.05, 0) is 40.9 Å². The summed E-state index contributed by atoms with van der Waals surface area (Å²) < 4.78 is 24.5. The molecule has 0 bridgehead atoms. The average molecular weight is 347 g/mol. The van der Waals surface area contributed by atoms with E-state index in [0.717, 1.165) is 31.7 Å². The van der Waals surface area contributed by atoms with E-state index in [1.807, 2.05) is 13.8 Å². The molecule has 0 N–H and O–H groups in total. The molecule has 0 aliphatic rings. The third-order valence-electron chi connectivity index (χ3n) is 2.73. The average Bonchev–Trinajstić information content (AvgIpc) is 2.42. The van der Waals surface area contributed by atoms with Crippen molar-refractivity contribution in [1.29, 1.82) is 0 Å². The standard InChI is InChI=1S/C15H20BrFO3/c1-3-5-7-19-14-10-12(16)13(17)9-11(14)15(18)20-8-6-4-2/h9-10H,3-8H2,1-2H3. The van der Waals surface area contributed by atoms with E-state index in [2.05, 4.69) is 15.9 Å². The van der Waals surface area contributed by atoms with Gasteiger partial charge in [-0.2, -0.15) is 0 Å². The molecule has 0 heterocycles. The summed E-state index contributed by atoms with van der Waals surface area (Å²) in [7, 11) is 0. The summed E-state index contributed by atoms with van der Waals surface area (Å²) in [6, 6.07) is 2.63. The topological polar surface area (TPSA) is 35.5 Å². The lowest BCUT2D eigenvalue weighted by Crippen LogP contribution is -2.10. The summed E-state index contributed by atoms with van der Waals surface area (Å²) in [5, 5.41) is 0. The van der Waals surface area contributed by atoms with Crippen molar-refractivity contribution in [2.45, 2.75) is 39.5 Å². The minimum Gasteiger partial charge on any atom is -0.493 e. The van der Waals surface area contributed by atoms with Gasteiger partial charge in [0.2, 0.25) is 0 Å². The minimum absolute atomic E-state index is 0.137. The molecule has 0 fully saturated rings. The molecule has 0 amide bonds. The van der Waals surface area contributed by atoms with Crippen LogP contribution in [0.1, 0.15) is 49.9 Å². The van der Waals surface area contributed by atoms with Gasteiger partial charge in [0.05, 0.1) is 17.7 Å². The Bertz CT molecular complexity index is 449.